The molecule has 0 fully saturated rings. The van der Waals surface area contributed by atoms with Gasteiger partial charge in [0.05, 0.1) is 5.57 Å². The summed E-state index contributed by atoms with van der Waals surface area (Å²) >= 11 is 0. The monoisotopic (exact) mass is 256 g/mol. The summed E-state index contributed by atoms with van der Waals surface area (Å²) in [6, 6.07) is 0. The molecule has 0 rings (SSSR count). The van der Waals surface area contributed by atoms with E-state index in [0.717, 1.165) is 0 Å². The van der Waals surface area contributed by atoms with Crippen LogP contribution in [0.2, 0.25) is 0 Å². The van der Waals surface area contributed by atoms with Crippen LogP contribution in [0.5, 0.6) is 0 Å². The maximum Gasteiger partial charge on any atom is 0.332 e. The van der Waals surface area contributed by atoms with Crippen molar-refractivity contribution in [2.75, 3.05) is 0 Å². The zero-order chi connectivity index (χ0) is 14.5. The van der Waals surface area contributed by atoms with E-state index in [0.29, 0.717) is 24.8 Å². The van der Waals surface area contributed by atoms with Crippen molar-refractivity contribution in [1.82, 2.24) is 0 Å². The topological polar surface area (TPSA) is 74.6 Å². The molecule has 0 amide bonds. The van der Waals surface area contributed by atoms with Gasteiger partial charge in [-0.15, -0.1) is 0 Å². The second-order valence-corrected chi connectivity index (χ2v) is 4.82. The summed E-state index contributed by atoms with van der Waals surface area (Å²) in [5, 5.41) is 19.0. The lowest BCUT2D eigenvalue weighted by atomic mass is 9.65. The minimum atomic E-state index is -1.28. The van der Waals surface area contributed by atoms with E-state index in [1.165, 1.54) is 0 Å². The largest absolute Gasteiger partial charge is 0.481 e. The normalized spacial score (nSPS) is 14.1. The molecule has 0 aliphatic carbocycles. The fraction of sp³-hybridized carbons (Fsp3) is 0.714. The van der Waals surface area contributed by atoms with E-state index in [9.17, 15) is 19.8 Å². The highest BCUT2D eigenvalue weighted by Crippen LogP contribution is 2.44. The molecule has 0 aliphatic heterocycles. The van der Waals surface area contributed by atoms with Gasteiger partial charge in [-0.2, -0.15) is 0 Å². The van der Waals surface area contributed by atoms with Gasteiger partial charge in [-0.1, -0.05) is 39.2 Å². The number of rotatable bonds is 7. The van der Waals surface area contributed by atoms with Gasteiger partial charge in [0, 0.05) is 0 Å². The summed E-state index contributed by atoms with van der Waals surface area (Å²) < 4.78 is 0. The molecule has 0 bridgehead atoms. The summed E-state index contributed by atoms with van der Waals surface area (Å²) in [6.07, 6.45) is 1.60. The number of aliphatic carboxylic acids is 2. The highest BCUT2D eigenvalue weighted by atomic mass is 16.4. The molecule has 0 saturated heterocycles. The maximum absolute atomic E-state index is 11.8. The number of carboxylic acid groups (broad SMARTS) is 2. The van der Waals surface area contributed by atoms with Crippen LogP contribution in [-0.2, 0) is 9.59 Å². The standard InChI is InChI=1S/C14H24O4/c1-6-10(7-2)14(8-3,13(17)18)11(9(4)5)12(15)16/h10H,6-8H2,1-5H3,(H,15,16)(H,17,18). The molecular formula is C14H24O4. The van der Waals surface area contributed by atoms with Crippen molar-refractivity contribution in [1.29, 1.82) is 0 Å². The Morgan fingerprint density at radius 3 is 1.67 bits per heavy atom. The second kappa shape index (κ2) is 6.57. The van der Waals surface area contributed by atoms with Gasteiger partial charge in [0.2, 0.25) is 0 Å². The maximum atomic E-state index is 11.8. The molecule has 18 heavy (non-hydrogen) atoms. The van der Waals surface area contributed by atoms with E-state index >= 15 is 0 Å². The Morgan fingerprint density at radius 2 is 1.50 bits per heavy atom. The predicted molar refractivity (Wildman–Crippen MR) is 70.4 cm³/mol. The Hall–Kier alpha value is -1.32. The molecule has 0 aromatic heterocycles. The van der Waals surface area contributed by atoms with Crippen LogP contribution in [-0.4, -0.2) is 22.2 Å². The van der Waals surface area contributed by atoms with E-state index in [1.807, 2.05) is 13.8 Å². The molecule has 0 aliphatic rings. The molecule has 0 saturated carbocycles. The molecule has 0 aromatic carbocycles. The summed E-state index contributed by atoms with van der Waals surface area (Å²) in [7, 11) is 0. The van der Waals surface area contributed by atoms with E-state index in [4.69, 9.17) is 0 Å². The molecule has 2 N–H and O–H groups in total. The van der Waals surface area contributed by atoms with Crippen LogP contribution in [0.3, 0.4) is 0 Å². The highest BCUT2D eigenvalue weighted by Gasteiger charge is 2.49. The van der Waals surface area contributed by atoms with Gasteiger partial charge in [-0.25, -0.2) is 4.79 Å². The summed E-state index contributed by atoms with van der Waals surface area (Å²) in [5.41, 5.74) is -0.668. The SMILES string of the molecule is CCC(CC)C(CC)(C(=O)O)C(C(=O)O)=C(C)C. The fourth-order valence-corrected chi connectivity index (χ4v) is 2.94. The van der Waals surface area contributed by atoms with Gasteiger partial charge in [0.15, 0.2) is 0 Å². The lowest BCUT2D eigenvalue weighted by Crippen LogP contribution is -2.42. The average molecular weight is 256 g/mol. The van der Waals surface area contributed by atoms with Crippen molar-refractivity contribution in [3.8, 4) is 0 Å². The van der Waals surface area contributed by atoms with Gasteiger partial charge in [-0.05, 0) is 26.2 Å². The van der Waals surface area contributed by atoms with Gasteiger partial charge >= 0.3 is 11.9 Å². The number of hydrogen-bond donors (Lipinski definition) is 2. The van der Waals surface area contributed by atoms with Crippen molar-refractivity contribution in [2.24, 2.45) is 11.3 Å². The molecule has 4 heteroatoms. The van der Waals surface area contributed by atoms with Crippen molar-refractivity contribution < 1.29 is 19.8 Å². The second-order valence-electron chi connectivity index (χ2n) is 4.82. The highest BCUT2D eigenvalue weighted by molar-refractivity contribution is 5.97. The third kappa shape index (κ3) is 2.74. The number of hydrogen-bond acceptors (Lipinski definition) is 2. The fourth-order valence-electron chi connectivity index (χ4n) is 2.94. The zero-order valence-electron chi connectivity index (χ0n) is 11.9. The molecule has 4 nitrogen and oxygen atoms in total. The molecule has 1 atom stereocenters. The minimum absolute atomic E-state index is 0.0474. The third-order valence-corrected chi connectivity index (χ3v) is 3.78. The predicted octanol–water partition coefficient (Wildman–Crippen LogP) is 3.32. The van der Waals surface area contributed by atoms with E-state index in [2.05, 4.69) is 0 Å². The zero-order valence-corrected chi connectivity index (χ0v) is 11.9. The van der Waals surface area contributed by atoms with Gasteiger partial charge < -0.3 is 10.2 Å². The first-order chi connectivity index (χ1) is 8.29. The Labute approximate surface area is 109 Å². The summed E-state index contributed by atoms with van der Waals surface area (Å²) in [6.45, 7) is 8.90. The van der Waals surface area contributed by atoms with Gasteiger partial charge in [-0.3, -0.25) is 4.79 Å². The van der Waals surface area contributed by atoms with Crippen molar-refractivity contribution >= 4 is 11.9 Å². The Kier molecular flexibility index (Phi) is 6.09. The van der Waals surface area contributed by atoms with E-state index in [-0.39, 0.29) is 11.5 Å². The van der Waals surface area contributed by atoms with Crippen LogP contribution in [0.15, 0.2) is 11.1 Å². The van der Waals surface area contributed by atoms with Crippen LogP contribution in [0.25, 0.3) is 0 Å². The van der Waals surface area contributed by atoms with E-state index in [1.54, 1.807) is 20.8 Å². The van der Waals surface area contributed by atoms with Gasteiger partial charge in [0.25, 0.3) is 0 Å². The minimum Gasteiger partial charge on any atom is -0.481 e. The first-order valence-corrected chi connectivity index (χ1v) is 6.44. The first kappa shape index (κ1) is 16.7. The van der Waals surface area contributed by atoms with Crippen molar-refractivity contribution in [3.05, 3.63) is 11.1 Å². The molecule has 0 radical (unpaired) electrons. The quantitative estimate of drug-likeness (QED) is 0.685. The summed E-state index contributed by atoms with van der Waals surface area (Å²) in [4.78, 5) is 23.2. The molecule has 1 unspecified atom stereocenters. The average Bonchev–Trinajstić information content (AvgIpc) is 2.27. The molecule has 0 heterocycles. The molecule has 0 spiro atoms. The van der Waals surface area contributed by atoms with E-state index < -0.39 is 17.4 Å². The van der Waals surface area contributed by atoms with Crippen LogP contribution < -0.4 is 0 Å². The molecular weight excluding hydrogens is 232 g/mol. The van der Waals surface area contributed by atoms with Crippen LogP contribution in [0.4, 0.5) is 0 Å². The van der Waals surface area contributed by atoms with Crippen molar-refractivity contribution in [2.45, 2.75) is 53.9 Å². The van der Waals surface area contributed by atoms with Crippen LogP contribution >= 0.6 is 0 Å². The van der Waals surface area contributed by atoms with Crippen molar-refractivity contribution in [3.63, 3.8) is 0 Å². The van der Waals surface area contributed by atoms with Gasteiger partial charge in [0.1, 0.15) is 5.41 Å². The lowest BCUT2D eigenvalue weighted by molar-refractivity contribution is -0.154. The number of carboxylic acids is 2. The Balaban J connectivity index is 6.12. The van der Waals surface area contributed by atoms with Crippen LogP contribution in [0.1, 0.15) is 53.9 Å². The third-order valence-electron chi connectivity index (χ3n) is 3.78. The lowest BCUT2D eigenvalue weighted by Gasteiger charge is -2.37. The number of carbonyl (C=O) groups is 2. The first-order valence-electron chi connectivity index (χ1n) is 6.44. The molecule has 104 valence electrons. The Bertz CT molecular complexity index is 349. The van der Waals surface area contributed by atoms with Crippen LogP contribution in [0, 0.1) is 11.3 Å². The molecule has 0 aromatic rings. The number of allylic oxidation sites excluding steroid dienone is 1. The Morgan fingerprint density at radius 1 is 1.06 bits per heavy atom. The summed E-state index contributed by atoms with van der Waals surface area (Å²) in [5.74, 6) is -2.32. The smallest absolute Gasteiger partial charge is 0.332 e.